The molecular formula is C19H24ClFN2O3. The molecular weight excluding hydrogens is 359 g/mol. The predicted molar refractivity (Wildman–Crippen MR) is 97.6 cm³/mol. The zero-order chi connectivity index (χ0) is 18.6. The summed E-state index contributed by atoms with van der Waals surface area (Å²) < 4.78 is 19.2. The molecule has 1 aliphatic heterocycles. The van der Waals surface area contributed by atoms with Crippen molar-refractivity contribution >= 4 is 29.1 Å². The van der Waals surface area contributed by atoms with E-state index < -0.39 is 5.82 Å². The molecule has 3 rings (SSSR count). The number of nitrogens with one attached hydrogen (secondary N) is 1. The van der Waals surface area contributed by atoms with Crippen molar-refractivity contribution in [2.24, 2.45) is 5.41 Å². The van der Waals surface area contributed by atoms with E-state index in [4.69, 9.17) is 16.3 Å². The molecule has 0 unspecified atom stereocenters. The first-order valence-corrected chi connectivity index (χ1v) is 9.46. The van der Waals surface area contributed by atoms with Gasteiger partial charge in [-0.3, -0.25) is 9.59 Å². The SMILES string of the molecule is O=C(CC1(CC(=O)N2CCOCC2)CCCC1)Nc1ccc(Cl)cc1F. The van der Waals surface area contributed by atoms with Gasteiger partial charge in [0.1, 0.15) is 5.82 Å². The van der Waals surface area contributed by atoms with E-state index in [9.17, 15) is 14.0 Å². The fraction of sp³-hybridized carbons (Fsp3) is 0.579. The summed E-state index contributed by atoms with van der Waals surface area (Å²) in [7, 11) is 0. The van der Waals surface area contributed by atoms with E-state index >= 15 is 0 Å². The number of halogens is 2. The van der Waals surface area contributed by atoms with Crippen LogP contribution in [0.25, 0.3) is 0 Å². The molecule has 0 radical (unpaired) electrons. The highest BCUT2D eigenvalue weighted by Gasteiger charge is 2.39. The van der Waals surface area contributed by atoms with Crippen LogP contribution >= 0.6 is 11.6 Å². The van der Waals surface area contributed by atoms with Gasteiger partial charge in [-0.05, 0) is 36.5 Å². The van der Waals surface area contributed by atoms with Crippen molar-refractivity contribution in [1.29, 1.82) is 0 Å². The maximum atomic E-state index is 13.9. The number of hydrogen-bond acceptors (Lipinski definition) is 3. The van der Waals surface area contributed by atoms with Crippen LogP contribution in [0.3, 0.4) is 0 Å². The zero-order valence-corrected chi connectivity index (χ0v) is 15.5. The standard InChI is InChI=1S/C19H24ClFN2O3/c20-14-3-4-16(15(21)11-14)22-17(24)12-19(5-1-2-6-19)13-18(25)23-7-9-26-10-8-23/h3-4,11H,1-2,5-10,12-13H2,(H,22,24). The van der Waals surface area contributed by atoms with Gasteiger partial charge in [0.15, 0.2) is 0 Å². The lowest BCUT2D eigenvalue weighted by Gasteiger charge is -2.33. The van der Waals surface area contributed by atoms with Crippen LogP contribution in [0.5, 0.6) is 0 Å². The minimum Gasteiger partial charge on any atom is -0.378 e. The number of rotatable bonds is 5. The molecule has 7 heteroatoms. The average molecular weight is 383 g/mol. The number of hydrogen-bond donors (Lipinski definition) is 1. The highest BCUT2D eigenvalue weighted by atomic mass is 35.5. The molecule has 0 atom stereocenters. The first-order chi connectivity index (χ1) is 12.5. The van der Waals surface area contributed by atoms with Crippen molar-refractivity contribution in [2.75, 3.05) is 31.6 Å². The molecule has 0 spiro atoms. The zero-order valence-electron chi connectivity index (χ0n) is 14.7. The van der Waals surface area contributed by atoms with Crippen LogP contribution in [-0.2, 0) is 14.3 Å². The molecule has 1 saturated carbocycles. The van der Waals surface area contributed by atoms with E-state index in [1.807, 2.05) is 4.90 Å². The summed E-state index contributed by atoms with van der Waals surface area (Å²) >= 11 is 5.74. The summed E-state index contributed by atoms with van der Waals surface area (Å²) in [6, 6.07) is 4.16. The number of carbonyl (C=O) groups excluding carboxylic acids is 2. The van der Waals surface area contributed by atoms with Crippen LogP contribution in [0.1, 0.15) is 38.5 Å². The predicted octanol–water partition coefficient (Wildman–Crippen LogP) is 3.62. The third-order valence-electron chi connectivity index (χ3n) is 5.30. The normalized spacial score (nSPS) is 19.4. The molecule has 1 saturated heterocycles. The van der Waals surface area contributed by atoms with Gasteiger partial charge < -0.3 is 15.0 Å². The molecule has 1 heterocycles. The third-order valence-corrected chi connectivity index (χ3v) is 5.53. The Labute approximate surface area is 157 Å². The lowest BCUT2D eigenvalue weighted by molar-refractivity contribution is -0.138. The first kappa shape index (κ1) is 19.1. The quantitative estimate of drug-likeness (QED) is 0.846. The smallest absolute Gasteiger partial charge is 0.225 e. The van der Waals surface area contributed by atoms with Crippen LogP contribution in [0.15, 0.2) is 18.2 Å². The lowest BCUT2D eigenvalue weighted by atomic mass is 9.78. The van der Waals surface area contributed by atoms with Crippen LogP contribution in [0.2, 0.25) is 5.02 Å². The number of ether oxygens (including phenoxy) is 1. The van der Waals surface area contributed by atoms with Crippen molar-refractivity contribution in [3.05, 3.63) is 29.0 Å². The summed E-state index contributed by atoms with van der Waals surface area (Å²) in [5.41, 5.74) is -0.213. The molecule has 2 fully saturated rings. The van der Waals surface area contributed by atoms with Gasteiger partial charge in [0.2, 0.25) is 11.8 Å². The van der Waals surface area contributed by atoms with Gasteiger partial charge in [-0.25, -0.2) is 4.39 Å². The van der Waals surface area contributed by atoms with Gasteiger partial charge in [-0.1, -0.05) is 24.4 Å². The number of benzene rings is 1. The second kappa shape index (κ2) is 8.35. The van der Waals surface area contributed by atoms with Gasteiger partial charge in [0.25, 0.3) is 0 Å². The molecule has 0 aromatic heterocycles. The molecule has 1 aromatic carbocycles. The Kier molecular flexibility index (Phi) is 6.14. The lowest BCUT2D eigenvalue weighted by Crippen LogP contribution is -2.43. The van der Waals surface area contributed by atoms with Crippen molar-refractivity contribution in [2.45, 2.75) is 38.5 Å². The van der Waals surface area contributed by atoms with Gasteiger partial charge in [-0.15, -0.1) is 0 Å². The number of amides is 2. The van der Waals surface area contributed by atoms with E-state index in [2.05, 4.69) is 5.32 Å². The second-order valence-electron chi connectivity index (χ2n) is 7.23. The highest BCUT2D eigenvalue weighted by molar-refractivity contribution is 6.30. The molecule has 2 amide bonds. The Balaban J connectivity index is 1.63. The fourth-order valence-corrected chi connectivity index (χ4v) is 4.07. The minimum atomic E-state index is -0.560. The molecule has 142 valence electrons. The van der Waals surface area contributed by atoms with Gasteiger partial charge in [0, 0.05) is 31.0 Å². The van der Waals surface area contributed by atoms with Crippen LogP contribution in [-0.4, -0.2) is 43.0 Å². The van der Waals surface area contributed by atoms with Crippen LogP contribution < -0.4 is 5.32 Å². The Bertz CT molecular complexity index is 671. The number of carbonyl (C=O) groups is 2. The van der Waals surface area contributed by atoms with E-state index in [1.165, 1.54) is 18.2 Å². The maximum absolute atomic E-state index is 13.9. The van der Waals surface area contributed by atoms with Crippen molar-refractivity contribution < 1.29 is 18.7 Å². The summed E-state index contributed by atoms with van der Waals surface area (Å²) in [4.78, 5) is 27.0. The Hall–Kier alpha value is -1.66. The topological polar surface area (TPSA) is 58.6 Å². The largest absolute Gasteiger partial charge is 0.378 e. The Morgan fingerprint density at radius 1 is 1.19 bits per heavy atom. The average Bonchev–Trinajstić information content (AvgIpc) is 3.06. The highest BCUT2D eigenvalue weighted by Crippen LogP contribution is 2.44. The molecule has 1 aliphatic carbocycles. The number of nitrogens with zero attached hydrogens (tertiary/aromatic N) is 1. The summed E-state index contributed by atoms with van der Waals surface area (Å²) in [6.07, 6.45) is 4.31. The monoisotopic (exact) mass is 382 g/mol. The van der Waals surface area contributed by atoms with Gasteiger partial charge >= 0.3 is 0 Å². The molecule has 1 aromatic rings. The van der Waals surface area contributed by atoms with E-state index in [0.29, 0.717) is 32.7 Å². The van der Waals surface area contributed by atoms with Crippen LogP contribution in [0.4, 0.5) is 10.1 Å². The van der Waals surface area contributed by atoms with Crippen LogP contribution in [0, 0.1) is 11.2 Å². The van der Waals surface area contributed by atoms with Gasteiger partial charge in [-0.2, -0.15) is 0 Å². The second-order valence-corrected chi connectivity index (χ2v) is 7.66. The fourth-order valence-electron chi connectivity index (χ4n) is 3.91. The molecule has 26 heavy (non-hydrogen) atoms. The molecule has 5 nitrogen and oxygen atoms in total. The Morgan fingerprint density at radius 3 is 2.54 bits per heavy atom. The summed E-state index contributed by atoms with van der Waals surface area (Å²) in [5.74, 6) is -0.737. The van der Waals surface area contributed by atoms with E-state index in [0.717, 1.165) is 25.7 Å². The van der Waals surface area contributed by atoms with Gasteiger partial charge in [0.05, 0.1) is 18.9 Å². The van der Waals surface area contributed by atoms with Crippen molar-refractivity contribution in [3.8, 4) is 0 Å². The first-order valence-electron chi connectivity index (χ1n) is 9.08. The van der Waals surface area contributed by atoms with E-state index in [-0.39, 0.29) is 34.4 Å². The number of morpholine rings is 1. The van der Waals surface area contributed by atoms with Crippen molar-refractivity contribution in [3.63, 3.8) is 0 Å². The number of anilines is 1. The maximum Gasteiger partial charge on any atom is 0.225 e. The van der Waals surface area contributed by atoms with Crippen molar-refractivity contribution in [1.82, 2.24) is 4.90 Å². The summed E-state index contributed by atoms with van der Waals surface area (Å²) in [5, 5.41) is 2.91. The molecule has 0 bridgehead atoms. The third kappa shape index (κ3) is 4.74. The Morgan fingerprint density at radius 2 is 1.88 bits per heavy atom. The molecule has 2 aliphatic rings. The molecule has 1 N–H and O–H groups in total. The summed E-state index contributed by atoms with van der Waals surface area (Å²) in [6.45, 7) is 2.35. The van der Waals surface area contributed by atoms with E-state index in [1.54, 1.807) is 0 Å². The minimum absolute atomic E-state index is 0.0840.